The van der Waals surface area contributed by atoms with Crippen molar-refractivity contribution in [3.05, 3.63) is 5.01 Å². The molecule has 7 nitrogen and oxygen atoms in total. The maximum atomic E-state index is 11.4. The fourth-order valence-corrected chi connectivity index (χ4v) is 2.91. The molecule has 1 heterocycles. The number of aryl methyl sites for hydroxylation is 1. The molecule has 1 rings (SSSR count). The monoisotopic (exact) mass is 278 g/mol. The highest BCUT2D eigenvalue weighted by Gasteiger charge is 2.17. The summed E-state index contributed by atoms with van der Waals surface area (Å²) >= 11 is 1.19. The van der Waals surface area contributed by atoms with Gasteiger partial charge in [0.2, 0.25) is 11.0 Å². The standard InChI is InChI=1S/C8H14N4O3S2/c1-6-11-12-8(16-6)10-7(13)5-17(14,15)4-2-3-9/h2-5,9H2,1H3,(H,10,12,13). The zero-order valence-electron chi connectivity index (χ0n) is 9.34. The van der Waals surface area contributed by atoms with Gasteiger partial charge in [-0.3, -0.25) is 10.1 Å². The summed E-state index contributed by atoms with van der Waals surface area (Å²) in [6, 6.07) is 0. The fraction of sp³-hybridized carbons (Fsp3) is 0.625. The summed E-state index contributed by atoms with van der Waals surface area (Å²) in [6.45, 7) is 2.03. The van der Waals surface area contributed by atoms with Crippen molar-refractivity contribution in [2.75, 3.05) is 23.4 Å². The summed E-state index contributed by atoms with van der Waals surface area (Å²) in [5, 5.41) is 10.8. The number of nitrogens with two attached hydrogens (primary N) is 1. The van der Waals surface area contributed by atoms with E-state index in [-0.39, 0.29) is 12.3 Å². The number of carbonyl (C=O) groups is 1. The zero-order chi connectivity index (χ0) is 12.9. The van der Waals surface area contributed by atoms with Crippen LogP contribution in [0.4, 0.5) is 5.13 Å². The van der Waals surface area contributed by atoms with Crippen LogP contribution in [-0.2, 0) is 14.6 Å². The van der Waals surface area contributed by atoms with E-state index in [2.05, 4.69) is 15.5 Å². The Morgan fingerprint density at radius 3 is 2.71 bits per heavy atom. The quantitative estimate of drug-likeness (QED) is 0.728. The largest absolute Gasteiger partial charge is 0.330 e. The van der Waals surface area contributed by atoms with Gasteiger partial charge in [-0.1, -0.05) is 11.3 Å². The van der Waals surface area contributed by atoms with Crippen molar-refractivity contribution in [2.45, 2.75) is 13.3 Å². The minimum Gasteiger partial charge on any atom is -0.330 e. The second-order valence-corrected chi connectivity index (χ2v) is 6.77. The highest BCUT2D eigenvalue weighted by atomic mass is 32.2. The molecular weight excluding hydrogens is 264 g/mol. The van der Waals surface area contributed by atoms with Crippen LogP contribution in [0.3, 0.4) is 0 Å². The predicted octanol–water partition coefficient (Wildman–Crippen LogP) is -0.451. The number of hydrogen-bond acceptors (Lipinski definition) is 7. The van der Waals surface area contributed by atoms with Crippen molar-refractivity contribution >= 4 is 32.2 Å². The van der Waals surface area contributed by atoms with E-state index in [1.54, 1.807) is 6.92 Å². The van der Waals surface area contributed by atoms with Crippen LogP contribution in [0, 0.1) is 6.92 Å². The molecule has 17 heavy (non-hydrogen) atoms. The Balaban J connectivity index is 2.49. The number of anilines is 1. The van der Waals surface area contributed by atoms with Crippen molar-refractivity contribution in [3.63, 3.8) is 0 Å². The van der Waals surface area contributed by atoms with E-state index in [0.717, 1.165) is 0 Å². The van der Waals surface area contributed by atoms with E-state index in [4.69, 9.17) is 5.73 Å². The lowest BCUT2D eigenvalue weighted by atomic mass is 10.5. The van der Waals surface area contributed by atoms with E-state index in [1.807, 2.05) is 0 Å². The topological polar surface area (TPSA) is 115 Å². The molecule has 9 heteroatoms. The SMILES string of the molecule is Cc1nnc(NC(=O)CS(=O)(=O)CCCN)s1. The van der Waals surface area contributed by atoms with Crippen LogP contribution < -0.4 is 11.1 Å². The summed E-state index contributed by atoms with van der Waals surface area (Å²) in [6.07, 6.45) is 0.355. The molecule has 0 aliphatic carbocycles. The van der Waals surface area contributed by atoms with E-state index in [1.165, 1.54) is 11.3 Å². The summed E-state index contributed by atoms with van der Waals surface area (Å²) in [7, 11) is -3.39. The molecule has 0 saturated heterocycles. The Labute approximate surface area is 103 Å². The first-order valence-corrected chi connectivity index (χ1v) is 7.57. The molecule has 0 aliphatic rings. The van der Waals surface area contributed by atoms with Gasteiger partial charge >= 0.3 is 0 Å². The van der Waals surface area contributed by atoms with Crippen molar-refractivity contribution in [1.82, 2.24) is 10.2 Å². The van der Waals surface area contributed by atoms with Gasteiger partial charge in [-0.25, -0.2) is 8.42 Å². The predicted molar refractivity (Wildman–Crippen MR) is 65.6 cm³/mol. The Hall–Kier alpha value is -1.06. The minimum atomic E-state index is -3.39. The van der Waals surface area contributed by atoms with Gasteiger partial charge in [-0.05, 0) is 19.9 Å². The highest BCUT2D eigenvalue weighted by molar-refractivity contribution is 7.92. The summed E-state index contributed by atoms with van der Waals surface area (Å²) in [4.78, 5) is 11.4. The van der Waals surface area contributed by atoms with Crippen LogP contribution in [0.1, 0.15) is 11.4 Å². The molecule has 0 bridgehead atoms. The van der Waals surface area contributed by atoms with Gasteiger partial charge in [0.1, 0.15) is 10.8 Å². The van der Waals surface area contributed by atoms with Gasteiger partial charge < -0.3 is 5.73 Å². The number of carbonyl (C=O) groups excluding carboxylic acids is 1. The molecule has 3 N–H and O–H groups in total. The lowest BCUT2D eigenvalue weighted by Gasteiger charge is -2.02. The molecule has 0 atom stereocenters. The molecule has 96 valence electrons. The van der Waals surface area contributed by atoms with Crippen LogP contribution in [0.5, 0.6) is 0 Å². The number of sulfone groups is 1. The van der Waals surface area contributed by atoms with Gasteiger partial charge in [-0.2, -0.15) is 0 Å². The zero-order valence-corrected chi connectivity index (χ0v) is 11.0. The van der Waals surface area contributed by atoms with Crippen molar-refractivity contribution in [2.24, 2.45) is 5.73 Å². The first kappa shape index (κ1) is 14.0. The van der Waals surface area contributed by atoms with Gasteiger partial charge in [-0.15, -0.1) is 10.2 Å². The molecule has 0 radical (unpaired) electrons. The molecule has 0 fully saturated rings. The third-order valence-corrected chi connectivity index (χ3v) is 4.15. The minimum absolute atomic E-state index is 0.0773. The number of nitrogens with one attached hydrogen (secondary N) is 1. The molecule has 1 aromatic heterocycles. The van der Waals surface area contributed by atoms with Gasteiger partial charge in [0.25, 0.3) is 0 Å². The average molecular weight is 278 g/mol. The smallest absolute Gasteiger partial charge is 0.241 e. The lowest BCUT2D eigenvalue weighted by molar-refractivity contribution is -0.113. The van der Waals surface area contributed by atoms with Crippen molar-refractivity contribution in [1.29, 1.82) is 0 Å². The number of aromatic nitrogens is 2. The van der Waals surface area contributed by atoms with Gasteiger partial charge in [0, 0.05) is 0 Å². The normalized spacial score (nSPS) is 11.4. The third kappa shape index (κ3) is 5.20. The first-order chi connectivity index (χ1) is 7.93. The summed E-state index contributed by atoms with van der Waals surface area (Å²) < 4.78 is 22.9. The summed E-state index contributed by atoms with van der Waals surface area (Å²) in [5.74, 6) is -1.23. The van der Waals surface area contributed by atoms with Crippen LogP contribution in [0.2, 0.25) is 0 Å². The van der Waals surface area contributed by atoms with E-state index in [9.17, 15) is 13.2 Å². The second-order valence-electron chi connectivity index (χ2n) is 3.41. The van der Waals surface area contributed by atoms with E-state index in [0.29, 0.717) is 16.6 Å². The number of nitrogens with zero attached hydrogens (tertiary/aromatic N) is 2. The third-order valence-electron chi connectivity index (χ3n) is 1.78. The van der Waals surface area contributed by atoms with Crippen LogP contribution >= 0.6 is 11.3 Å². The maximum Gasteiger partial charge on any atom is 0.241 e. The fourth-order valence-electron chi connectivity index (χ4n) is 1.08. The molecule has 0 spiro atoms. The van der Waals surface area contributed by atoms with Crippen LogP contribution in [-0.4, -0.2) is 42.6 Å². The molecule has 0 aliphatic heterocycles. The average Bonchev–Trinajstić information content (AvgIpc) is 2.60. The van der Waals surface area contributed by atoms with E-state index >= 15 is 0 Å². The summed E-state index contributed by atoms with van der Waals surface area (Å²) in [5.41, 5.74) is 5.21. The van der Waals surface area contributed by atoms with Crippen LogP contribution in [0.25, 0.3) is 0 Å². The molecule has 1 amide bonds. The molecular formula is C8H14N4O3S2. The molecule has 1 aromatic rings. The second kappa shape index (κ2) is 6.03. The number of amides is 1. The van der Waals surface area contributed by atoms with E-state index < -0.39 is 21.5 Å². The lowest BCUT2D eigenvalue weighted by Crippen LogP contribution is -2.25. The van der Waals surface area contributed by atoms with Crippen molar-refractivity contribution in [3.8, 4) is 0 Å². The molecule has 0 aromatic carbocycles. The molecule has 0 unspecified atom stereocenters. The molecule has 0 saturated carbocycles. The van der Waals surface area contributed by atoms with Crippen LogP contribution in [0.15, 0.2) is 0 Å². The number of rotatable bonds is 6. The van der Waals surface area contributed by atoms with Crippen molar-refractivity contribution < 1.29 is 13.2 Å². The number of hydrogen-bond donors (Lipinski definition) is 2. The Morgan fingerprint density at radius 1 is 1.47 bits per heavy atom. The Kier molecular flexibility index (Phi) is 4.97. The maximum absolute atomic E-state index is 11.4. The van der Waals surface area contributed by atoms with Gasteiger partial charge in [0.05, 0.1) is 5.75 Å². The highest BCUT2D eigenvalue weighted by Crippen LogP contribution is 2.13. The Morgan fingerprint density at radius 2 is 2.18 bits per heavy atom. The Bertz CT molecular complexity index is 483. The van der Waals surface area contributed by atoms with Gasteiger partial charge in [0.15, 0.2) is 9.84 Å². The first-order valence-electron chi connectivity index (χ1n) is 4.93.